The lowest BCUT2D eigenvalue weighted by molar-refractivity contribution is -0.176. The first kappa shape index (κ1) is 53.2. The van der Waals surface area contributed by atoms with Gasteiger partial charge in [0.25, 0.3) is 6.47 Å². The topological polar surface area (TPSA) is 86.6 Å². The summed E-state index contributed by atoms with van der Waals surface area (Å²) in [6.07, 6.45) is 35.3. The van der Waals surface area contributed by atoms with Crippen molar-refractivity contribution < 1.29 is 19.8 Å². The molecule has 5 nitrogen and oxygen atoms in total. The highest BCUT2D eigenvalue weighted by molar-refractivity contribution is 5.72. The minimum absolute atomic E-state index is 0.250. The number of carbonyl (C=O) groups is 2. The monoisotopic (exact) mass is 722 g/mol. The van der Waals surface area contributed by atoms with Crippen LogP contribution >= 0.6 is 0 Å². The van der Waals surface area contributed by atoms with Crippen molar-refractivity contribution in [3.63, 3.8) is 0 Å². The molecule has 4 unspecified atom stereocenters. The average Bonchev–Trinajstić information content (AvgIpc) is 3.55. The van der Waals surface area contributed by atoms with Crippen molar-refractivity contribution in [2.75, 3.05) is 21.2 Å². The first-order valence-electron chi connectivity index (χ1n) is 19.3. The Morgan fingerprint density at radius 1 is 0.827 bits per heavy atom. The molecule has 8 atom stereocenters. The zero-order valence-electron chi connectivity index (χ0n) is 35.4. The molecule has 0 aromatic heterocycles. The molecule has 4 saturated carbocycles. The van der Waals surface area contributed by atoms with E-state index in [-0.39, 0.29) is 11.9 Å². The van der Waals surface area contributed by atoms with Crippen molar-refractivity contribution in [1.82, 2.24) is 5.32 Å². The van der Waals surface area contributed by atoms with Crippen LogP contribution in [0.25, 0.3) is 5.57 Å². The second kappa shape index (κ2) is 26.6. The van der Waals surface area contributed by atoms with Crippen molar-refractivity contribution in [3.05, 3.63) is 54.1 Å². The maximum Gasteiger partial charge on any atom is 0.290 e. The molecule has 296 valence electrons. The van der Waals surface area contributed by atoms with Gasteiger partial charge in [-0.3, -0.25) is 4.79 Å². The largest absolute Gasteiger partial charge is 0.483 e. The molecule has 5 heteroatoms. The summed E-state index contributed by atoms with van der Waals surface area (Å²) in [5.41, 5.74) is 6.48. The third-order valence-electron chi connectivity index (χ3n) is 12.9. The van der Waals surface area contributed by atoms with E-state index in [1.165, 1.54) is 75.3 Å². The Labute approximate surface area is 321 Å². The smallest absolute Gasteiger partial charge is 0.290 e. The lowest BCUT2D eigenvalue weighted by Crippen LogP contribution is -2.60. The Bertz CT molecular complexity index is 1190. The van der Waals surface area contributed by atoms with Crippen molar-refractivity contribution in [2.45, 2.75) is 127 Å². The molecular weight excluding hydrogens is 643 g/mol. The number of nitrogens with one attached hydrogen (secondary N) is 1. The Morgan fingerprint density at radius 3 is 1.85 bits per heavy atom. The van der Waals surface area contributed by atoms with Gasteiger partial charge in [-0.2, -0.15) is 0 Å². The number of hydrogen-bond donors (Lipinski definition) is 3. The Morgan fingerprint density at radius 2 is 1.35 bits per heavy atom. The van der Waals surface area contributed by atoms with E-state index in [4.69, 9.17) is 19.8 Å². The van der Waals surface area contributed by atoms with Gasteiger partial charge in [-0.1, -0.05) is 96.9 Å². The van der Waals surface area contributed by atoms with Crippen LogP contribution in [-0.4, -0.2) is 44.7 Å². The Balaban J connectivity index is -0.00000109. The summed E-state index contributed by atoms with van der Waals surface area (Å²) < 4.78 is 0. The predicted molar refractivity (Wildman–Crippen MR) is 227 cm³/mol. The molecule has 5 aliphatic rings. The van der Waals surface area contributed by atoms with Gasteiger partial charge in [0.05, 0.1) is 0 Å². The van der Waals surface area contributed by atoms with E-state index in [1.807, 2.05) is 41.7 Å². The number of benzene rings is 1. The molecule has 0 radical (unpaired) electrons. The molecule has 0 heterocycles. The van der Waals surface area contributed by atoms with Gasteiger partial charge in [0.2, 0.25) is 0 Å². The van der Waals surface area contributed by atoms with E-state index in [0.717, 1.165) is 36.7 Å². The fraction of sp³-hybridized carbons (Fsp3) is 0.660. The van der Waals surface area contributed by atoms with Crippen LogP contribution in [0.1, 0.15) is 131 Å². The zero-order valence-corrected chi connectivity index (χ0v) is 35.4. The summed E-state index contributed by atoms with van der Waals surface area (Å²) in [6, 6.07) is 9.29. The summed E-state index contributed by atoms with van der Waals surface area (Å²) in [5.74, 6) is 4.78. The van der Waals surface area contributed by atoms with Gasteiger partial charge in [-0.05, 0) is 148 Å². The number of aliphatic hydroxyl groups is 1. The van der Waals surface area contributed by atoms with Crippen LogP contribution in [-0.2, 0) is 9.59 Å². The molecule has 5 aliphatic carbocycles. The third-order valence-corrected chi connectivity index (χ3v) is 12.9. The second-order valence-electron chi connectivity index (χ2n) is 15.6. The van der Waals surface area contributed by atoms with Crippen LogP contribution in [0.3, 0.4) is 0 Å². The molecule has 0 amide bonds. The highest BCUT2D eigenvalue weighted by Gasteiger charge is 2.64. The van der Waals surface area contributed by atoms with Crippen molar-refractivity contribution in [2.24, 2.45) is 51.2 Å². The number of hydrogen-bond acceptors (Lipinski definition) is 4. The molecule has 1 aromatic carbocycles. The number of aliphatic hydroxyl groups excluding tert-OH is 1. The molecule has 0 bridgehead atoms. The van der Waals surface area contributed by atoms with Gasteiger partial charge in [-0.25, -0.2) is 0 Å². The molecule has 3 N–H and O–H groups in total. The minimum atomic E-state index is -0.250. The lowest BCUT2D eigenvalue weighted by Gasteiger charge is -2.68. The summed E-state index contributed by atoms with van der Waals surface area (Å²) in [5, 5.41) is 16.6. The first-order valence-corrected chi connectivity index (χ1v) is 19.3. The Hall–Kier alpha value is -3.12. The number of terminal acetylenes is 2. The SMILES string of the molecule is C#C.C#C.C=CC.C=O.CC.CNC.CO.Cc1cccc(C2=CC[C@@]3(C)C(CC[C@@]4(C)C5CC[C@@]6(C)CCCC6[C@H]5CCC43)C2(C)C)c1.O=CO. The van der Waals surface area contributed by atoms with E-state index in [9.17, 15) is 0 Å². The molecule has 4 fully saturated rings. The lowest BCUT2D eigenvalue weighted by atomic mass is 9.36. The van der Waals surface area contributed by atoms with Crippen LogP contribution in [0.4, 0.5) is 0 Å². The highest BCUT2D eigenvalue weighted by atomic mass is 16.3. The normalized spacial score (nSPS) is 31.8. The van der Waals surface area contributed by atoms with E-state index in [1.54, 1.807) is 11.6 Å². The fourth-order valence-corrected chi connectivity index (χ4v) is 11.5. The number of carbonyl (C=O) groups excluding carboxylic acids is 1. The van der Waals surface area contributed by atoms with Gasteiger partial charge in [0.15, 0.2) is 0 Å². The average molecular weight is 722 g/mol. The molecule has 0 saturated heterocycles. The van der Waals surface area contributed by atoms with Crippen LogP contribution in [0.2, 0.25) is 0 Å². The zero-order chi connectivity index (χ0) is 41.3. The van der Waals surface area contributed by atoms with E-state index in [0.29, 0.717) is 16.2 Å². The predicted octanol–water partition coefficient (Wildman–Crippen LogP) is 11.2. The van der Waals surface area contributed by atoms with Gasteiger partial charge in [0, 0.05) is 7.11 Å². The molecule has 0 aliphatic heterocycles. The second-order valence-corrected chi connectivity index (χ2v) is 15.6. The number of fused-ring (bicyclic) bond motifs is 7. The molecule has 6 rings (SSSR count). The number of rotatable bonds is 1. The Kier molecular flexibility index (Phi) is 27.2. The van der Waals surface area contributed by atoms with E-state index < -0.39 is 0 Å². The highest BCUT2D eigenvalue weighted by Crippen LogP contribution is 2.73. The summed E-state index contributed by atoms with van der Waals surface area (Å²) in [4.78, 5) is 16.4. The van der Waals surface area contributed by atoms with Gasteiger partial charge in [-0.15, -0.1) is 32.3 Å². The van der Waals surface area contributed by atoms with Gasteiger partial charge >= 0.3 is 0 Å². The number of aryl methyl sites for hydroxylation is 1. The van der Waals surface area contributed by atoms with E-state index in [2.05, 4.69) is 109 Å². The van der Waals surface area contributed by atoms with Gasteiger partial charge < -0.3 is 20.3 Å². The van der Waals surface area contributed by atoms with Crippen LogP contribution in [0.15, 0.2) is 43.0 Å². The molecule has 0 spiro atoms. The van der Waals surface area contributed by atoms with Gasteiger partial charge in [0.1, 0.15) is 6.79 Å². The van der Waals surface area contributed by atoms with Crippen LogP contribution < -0.4 is 5.32 Å². The molecule has 1 aromatic rings. The number of allylic oxidation sites excluding steroid dienone is 3. The minimum Gasteiger partial charge on any atom is -0.483 e. The van der Waals surface area contributed by atoms with Crippen LogP contribution in [0.5, 0.6) is 0 Å². The summed E-state index contributed by atoms with van der Waals surface area (Å²) in [6.45, 7) is 26.6. The number of carboxylic acid groups (broad SMARTS) is 1. The maximum absolute atomic E-state index is 8.36. The van der Waals surface area contributed by atoms with E-state index >= 15 is 0 Å². The summed E-state index contributed by atoms with van der Waals surface area (Å²) >= 11 is 0. The maximum atomic E-state index is 8.36. The standard InChI is InChI=1S/C33H48.C3H6.C2H7N.C2H6.2C2H2.CH2O2.CH4O.CH2O/c1-22-9-7-10-23(21-22)25-15-19-33(6)28(30(25,2)3)16-20-32(5)27-14-18-31(4)17-8-11-26(31)24(27)12-13-29(32)33;2*1-3-2;3*1-2;2-1-3;2*1-2/h7,9-10,15,21,24,26-29H,8,11-14,16-20H2,1-6H3;3H,1H2,2H3;3H,1-2H3;1-2H3;2*1-2H;1H,(H,2,3);2H,1H3;1H2/t24-,26?,27?,28?,29?,31-,32+,33+;;;;;;;;/m1......../s1. The van der Waals surface area contributed by atoms with Crippen molar-refractivity contribution in [1.29, 1.82) is 0 Å². The quantitative estimate of drug-likeness (QED) is 0.153. The van der Waals surface area contributed by atoms with Crippen molar-refractivity contribution >= 4 is 18.8 Å². The molecular formula is C47H79NO4. The third kappa shape index (κ3) is 11.9. The van der Waals surface area contributed by atoms with Crippen molar-refractivity contribution in [3.8, 4) is 25.7 Å². The van der Waals surface area contributed by atoms with Crippen LogP contribution in [0, 0.1) is 83.9 Å². The fourth-order valence-electron chi connectivity index (χ4n) is 11.5. The first-order chi connectivity index (χ1) is 24.8. The molecule has 52 heavy (non-hydrogen) atoms. The summed E-state index contributed by atoms with van der Waals surface area (Å²) in [7, 11) is 4.75.